The Hall–Kier alpha value is -3.59. The summed E-state index contributed by atoms with van der Waals surface area (Å²) in [5.41, 5.74) is 2.01. The average molecular weight is 508 g/mol. The molecule has 2 aromatic rings. The molecule has 0 radical (unpaired) electrons. The Morgan fingerprint density at radius 3 is 2.59 bits per heavy atom. The quantitative estimate of drug-likeness (QED) is 0.597. The number of nitrogens with zero attached hydrogens (tertiary/aromatic N) is 1. The number of benzene rings is 2. The lowest BCUT2D eigenvalue weighted by Gasteiger charge is -2.42. The van der Waals surface area contributed by atoms with Gasteiger partial charge in [-0.2, -0.15) is 0 Å². The molecule has 2 aliphatic heterocycles. The van der Waals surface area contributed by atoms with Gasteiger partial charge >= 0.3 is 0 Å². The van der Waals surface area contributed by atoms with Crippen LogP contribution in [0.15, 0.2) is 42.5 Å². The first-order chi connectivity index (χ1) is 17.9. The fourth-order valence-electron chi connectivity index (χ4n) is 4.92. The Morgan fingerprint density at radius 1 is 1.08 bits per heavy atom. The van der Waals surface area contributed by atoms with Gasteiger partial charge in [0.15, 0.2) is 0 Å². The molecule has 9 heteroatoms. The van der Waals surface area contributed by atoms with Crippen LogP contribution in [0.3, 0.4) is 0 Å². The predicted molar refractivity (Wildman–Crippen MR) is 137 cm³/mol. The number of methoxy groups -OCH3 is 1. The molecule has 5 rings (SSSR count). The van der Waals surface area contributed by atoms with Crippen molar-refractivity contribution in [1.29, 1.82) is 0 Å². The van der Waals surface area contributed by atoms with E-state index in [-0.39, 0.29) is 54.9 Å². The fraction of sp³-hybridized carbons (Fsp3) is 0.464. The second-order valence-electron chi connectivity index (χ2n) is 9.97. The van der Waals surface area contributed by atoms with Crippen molar-refractivity contribution in [1.82, 2.24) is 10.2 Å². The molecule has 0 aromatic heterocycles. The first-order valence-electron chi connectivity index (χ1n) is 12.8. The van der Waals surface area contributed by atoms with E-state index in [1.165, 1.54) is 0 Å². The zero-order valence-electron chi connectivity index (χ0n) is 21.2. The molecule has 2 N–H and O–H groups in total. The molecule has 2 heterocycles. The van der Waals surface area contributed by atoms with Crippen LogP contribution in [0, 0.1) is 5.92 Å². The third kappa shape index (κ3) is 5.88. The van der Waals surface area contributed by atoms with Gasteiger partial charge in [-0.05, 0) is 61.6 Å². The number of amides is 3. The molecule has 2 aromatic carbocycles. The molecule has 3 aliphatic rings. The van der Waals surface area contributed by atoms with Crippen LogP contribution in [-0.4, -0.2) is 61.6 Å². The smallest absolute Gasteiger partial charge is 0.257 e. The molecule has 1 aliphatic carbocycles. The number of carbonyl (C=O) groups is 3. The minimum absolute atomic E-state index is 0.00709. The number of fused-ring (bicyclic) bond motifs is 2. The van der Waals surface area contributed by atoms with Gasteiger partial charge in [0.1, 0.15) is 24.2 Å². The van der Waals surface area contributed by atoms with E-state index in [1.807, 2.05) is 24.3 Å². The summed E-state index contributed by atoms with van der Waals surface area (Å²) < 4.78 is 17.5. The SMILES string of the molecule is COc1ccc(CNC(=O)C[C@H]2CC[C@@H]3[C@H](COc4ccc(NC(=O)C5CC5)cc4C(=O)N3C)O2)cc1. The molecule has 0 unspecified atom stereocenters. The van der Waals surface area contributed by atoms with Gasteiger partial charge in [-0.25, -0.2) is 0 Å². The first kappa shape index (κ1) is 25.1. The van der Waals surface area contributed by atoms with Gasteiger partial charge in [-0.15, -0.1) is 0 Å². The number of anilines is 1. The molecular weight excluding hydrogens is 474 g/mol. The Bertz CT molecular complexity index is 1160. The van der Waals surface area contributed by atoms with Crippen LogP contribution in [0.5, 0.6) is 11.5 Å². The van der Waals surface area contributed by atoms with Crippen molar-refractivity contribution in [2.24, 2.45) is 5.92 Å². The van der Waals surface area contributed by atoms with Crippen LogP contribution >= 0.6 is 0 Å². The highest BCUT2D eigenvalue weighted by molar-refractivity contribution is 6.00. The van der Waals surface area contributed by atoms with E-state index in [9.17, 15) is 14.4 Å². The summed E-state index contributed by atoms with van der Waals surface area (Å²) >= 11 is 0. The number of carbonyl (C=O) groups excluding carboxylic acids is 3. The van der Waals surface area contributed by atoms with Crippen LogP contribution < -0.4 is 20.1 Å². The van der Waals surface area contributed by atoms with Crippen molar-refractivity contribution in [3.63, 3.8) is 0 Å². The normalized spacial score (nSPS) is 23.0. The molecule has 1 saturated carbocycles. The maximum atomic E-state index is 13.4. The number of hydrogen-bond donors (Lipinski definition) is 2. The molecule has 3 amide bonds. The summed E-state index contributed by atoms with van der Waals surface area (Å²) in [5.74, 6) is 1.05. The van der Waals surface area contributed by atoms with E-state index in [2.05, 4.69) is 10.6 Å². The first-order valence-corrected chi connectivity index (χ1v) is 12.8. The van der Waals surface area contributed by atoms with E-state index in [1.54, 1.807) is 37.3 Å². The fourth-order valence-corrected chi connectivity index (χ4v) is 4.92. The zero-order chi connectivity index (χ0) is 25.9. The molecule has 2 fully saturated rings. The summed E-state index contributed by atoms with van der Waals surface area (Å²) in [7, 11) is 3.39. The van der Waals surface area contributed by atoms with Crippen LogP contribution in [0.25, 0.3) is 0 Å². The van der Waals surface area contributed by atoms with Gasteiger partial charge in [0.25, 0.3) is 5.91 Å². The summed E-state index contributed by atoms with van der Waals surface area (Å²) in [6, 6.07) is 12.6. The second-order valence-corrected chi connectivity index (χ2v) is 9.97. The number of ether oxygens (including phenoxy) is 3. The Balaban J connectivity index is 1.18. The van der Waals surface area contributed by atoms with Gasteiger partial charge < -0.3 is 29.7 Å². The van der Waals surface area contributed by atoms with E-state index in [4.69, 9.17) is 14.2 Å². The summed E-state index contributed by atoms with van der Waals surface area (Å²) in [5, 5.41) is 5.85. The van der Waals surface area contributed by atoms with Crippen molar-refractivity contribution >= 4 is 23.4 Å². The van der Waals surface area contributed by atoms with Gasteiger partial charge in [0.05, 0.1) is 31.2 Å². The maximum absolute atomic E-state index is 13.4. The van der Waals surface area contributed by atoms with Crippen molar-refractivity contribution in [2.45, 2.75) is 56.9 Å². The van der Waals surface area contributed by atoms with E-state index in [0.717, 1.165) is 24.2 Å². The predicted octanol–water partition coefficient (Wildman–Crippen LogP) is 3.13. The van der Waals surface area contributed by atoms with Gasteiger partial charge in [0.2, 0.25) is 11.8 Å². The van der Waals surface area contributed by atoms with Crippen molar-refractivity contribution in [2.75, 3.05) is 26.1 Å². The zero-order valence-corrected chi connectivity index (χ0v) is 21.2. The lowest BCUT2D eigenvalue weighted by molar-refractivity contribution is -0.134. The van der Waals surface area contributed by atoms with Crippen LogP contribution in [0.1, 0.15) is 48.0 Å². The van der Waals surface area contributed by atoms with Gasteiger partial charge in [-0.3, -0.25) is 14.4 Å². The molecule has 37 heavy (non-hydrogen) atoms. The van der Waals surface area contributed by atoms with Crippen LogP contribution in [0.4, 0.5) is 5.69 Å². The molecule has 3 atom stereocenters. The molecular formula is C28H33N3O6. The Labute approximate surface area is 216 Å². The second kappa shape index (κ2) is 10.8. The highest BCUT2D eigenvalue weighted by Gasteiger charge is 2.39. The van der Waals surface area contributed by atoms with Gasteiger partial charge in [-0.1, -0.05) is 12.1 Å². The minimum Gasteiger partial charge on any atom is -0.497 e. The number of rotatable bonds is 7. The largest absolute Gasteiger partial charge is 0.497 e. The van der Waals surface area contributed by atoms with Gasteiger partial charge in [0, 0.05) is 25.2 Å². The van der Waals surface area contributed by atoms with E-state index >= 15 is 0 Å². The molecule has 196 valence electrons. The summed E-state index contributed by atoms with van der Waals surface area (Å²) in [6.07, 6.45) is 2.86. The molecule has 0 spiro atoms. The molecule has 0 bridgehead atoms. The third-order valence-electron chi connectivity index (χ3n) is 7.29. The van der Waals surface area contributed by atoms with Crippen molar-refractivity contribution in [3.8, 4) is 11.5 Å². The van der Waals surface area contributed by atoms with Crippen LogP contribution in [-0.2, 0) is 20.9 Å². The Morgan fingerprint density at radius 2 is 1.86 bits per heavy atom. The number of nitrogens with one attached hydrogen (secondary N) is 2. The van der Waals surface area contributed by atoms with Crippen LogP contribution in [0.2, 0.25) is 0 Å². The standard InChI is InChI=1S/C28H33N3O6/c1-31-23-11-10-21(14-26(32)29-15-17-3-8-20(35-2)9-4-17)37-25(23)16-36-24-12-7-19(13-22(24)28(31)34)30-27(33)18-5-6-18/h3-4,7-9,12-13,18,21,23,25H,5-6,10-11,14-16H2,1-2H3,(H,29,32)(H,30,33)/t21-,23-,25+/m1/s1. The van der Waals surface area contributed by atoms with Crippen molar-refractivity contribution < 1.29 is 28.6 Å². The number of hydrogen-bond acceptors (Lipinski definition) is 6. The Kier molecular flexibility index (Phi) is 7.32. The molecule has 9 nitrogen and oxygen atoms in total. The van der Waals surface area contributed by atoms with E-state index in [0.29, 0.717) is 36.4 Å². The monoisotopic (exact) mass is 507 g/mol. The highest BCUT2D eigenvalue weighted by atomic mass is 16.5. The minimum atomic E-state index is -0.343. The maximum Gasteiger partial charge on any atom is 0.257 e. The van der Waals surface area contributed by atoms with Crippen molar-refractivity contribution in [3.05, 3.63) is 53.6 Å². The average Bonchev–Trinajstić information content (AvgIpc) is 3.76. The molecule has 1 saturated heterocycles. The summed E-state index contributed by atoms with van der Waals surface area (Å²) in [4.78, 5) is 39.8. The topological polar surface area (TPSA) is 106 Å². The number of likely N-dealkylation sites (N-methyl/N-ethyl adjacent to an activating group) is 1. The summed E-state index contributed by atoms with van der Waals surface area (Å²) in [6.45, 7) is 0.703. The van der Waals surface area contributed by atoms with E-state index < -0.39 is 0 Å². The third-order valence-corrected chi connectivity index (χ3v) is 7.29. The lowest BCUT2D eigenvalue weighted by Crippen LogP contribution is -2.53. The highest BCUT2D eigenvalue weighted by Crippen LogP contribution is 2.34. The lowest BCUT2D eigenvalue weighted by atomic mass is 9.94.